The summed E-state index contributed by atoms with van der Waals surface area (Å²) in [6.45, 7) is 1.47. The molecule has 0 aromatic heterocycles. The Hall–Kier alpha value is -1.09. The van der Waals surface area contributed by atoms with Crippen molar-refractivity contribution in [2.45, 2.75) is 0 Å². The molecule has 0 radical (unpaired) electrons. The lowest BCUT2D eigenvalue weighted by molar-refractivity contribution is 0.286. The van der Waals surface area contributed by atoms with Gasteiger partial charge >= 0.3 is 0 Å². The molecule has 13 heavy (non-hydrogen) atoms. The van der Waals surface area contributed by atoms with Crippen molar-refractivity contribution in [3.05, 3.63) is 49.0 Å². The van der Waals surface area contributed by atoms with Gasteiger partial charge in [-0.2, -0.15) is 13.5 Å². The minimum Gasteiger partial charge on any atom is -0.497 e. The highest BCUT2D eigenvalue weighted by molar-refractivity contribution is 7.59. The van der Waals surface area contributed by atoms with Crippen molar-refractivity contribution in [3.63, 3.8) is 0 Å². The van der Waals surface area contributed by atoms with Gasteiger partial charge in [0, 0.05) is 0 Å². The summed E-state index contributed by atoms with van der Waals surface area (Å²) in [6, 6.07) is 0. The van der Waals surface area contributed by atoms with Gasteiger partial charge in [0.2, 0.25) is 0 Å². The highest BCUT2D eigenvalue weighted by Gasteiger charge is 1.76. The van der Waals surface area contributed by atoms with E-state index in [1.807, 2.05) is 36.5 Å². The summed E-state index contributed by atoms with van der Waals surface area (Å²) in [7, 11) is 0. The summed E-state index contributed by atoms with van der Waals surface area (Å²) in [6.07, 6.45) is 14.9. The number of hydrogen-bond donors (Lipinski definition) is 0. The van der Waals surface area contributed by atoms with Crippen molar-refractivity contribution in [3.8, 4) is 0 Å². The van der Waals surface area contributed by atoms with Crippen molar-refractivity contribution in [1.82, 2.24) is 0 Å². The van der Waals surface area contributed by atoms with Gasteiger partial charge in [-0.05, 0) is 24.3 Å². The van der Waals surface area contributed by atoms with E-state index in [0.29, 0.717) is 0 Å². The van der Waals surface area contributed by atoms with E-state index in [2.05, 4.69) is 0 Å². The molecular formula is C10H14O2S. The minimum absolute atomic E-state index is 0. The van der Waals surface area contributed by atoms with Gasteiger partial charge in [0.05, 0.1) is 12.5 Å². The zero-order valence-corrected chi connectivity index (χ0v) is 8.35. The molecule has 0 fully saturated rings. The van der Waals surface area contributed by atoms with E-state index in [9.17, 15) is 0 Å². The minimum atomic E-state index is 0. The lowest BCUT2D eigenvalue weighted by Crippen LogP contribution is -1.82. The molecule has 2 aliphatic rings. The predicted molar refractivity (Wildman–Crippen MR) is 58.8 cm³/mol. The highest BCUT2D eigenvalue weighted by Crippen LogP contribution is 1.87. The Balaban J connectivity index is 0.000000206. The standard InChI is InChI=1S/2C5H6O.H2S/c2*1-2-4-6-5-3-1;/h2*1-4H,5H2;1H2. The third-order valence-electron chi connectivity index (χ3n) is 1.23. The van der Waals surface area contributed by atoms with E-state index in [1.54, 1.807) is 12.5 Å². The van der Waals surface area contributed by atoms with Gasteiger partial charge in [-0.15, -0.1) is 0 Å². The summed E-state index contributed by atoms with van der Waals surface area (Å²) in [5.41, 5.74) is 0. The van der Waals surface area contributed by atoms with Gasteiger partial charge in [0.15, 0.2) is 0 Å². The first-order valence-electron chi connectivity index (χ1n) is 3.87. The van der Waals surface area contributed by atoms with Gasteiger partial charge in [0.1, 0.15) is 13.2 Å². The first-order chi connectivity index (χ1) is 6.00. The lowest BCUT2D eigenvalue weighted by Gasteiger charge is -1.94. The summed E-state index contributed by atoms with van der Waals surface area (Å²) in [5.74, 6) is 0. The van der Waals surface area contributed by atoms with Gasteiger partial charge < -0.3 is 9.47 Å². The maximum absolute atomic E-state index is 4.80. The second-order valence-corrected chi connectivity index (χ2v) is 2.18. The summed E-state index contributed by atoms with van der Waals surface area (Å²) in [5, 5.41) is 0. The number of rotatable bonds is 0. The smallest absolute Gasteiger partial charge is 0.106 e. The molecule has 2 heterocycles. The van der Waals surface area contributed by atoms with Crippen LogP contribution in [-0.2, 0) is 9.47 Å². The molecule has 0 bridgehead atoms. The third-order valence-corrected chi connectivity index (χ3v) is 1.23. The summed E-state index contributed by atoms with van der Waals surface area (Å²) < 4.78 is 9.60. The molecule has 72 valence electrons. The third kappa shape index (κ3) is 7.28. The molecule has 0 atom stereocenters. The predicted octanol–water partition coefficient (Wildman–Crippen LogP) is 2.29. The number of allylic oxidation sites excluding steroid dienone is 4. The fraction of sp³-hybridized carbons (Fsp3) is 0.200. The number of hydrogen-bond acceptors (Lipinski definition) is 2. The van der Waals surface area contributed by atoms with Gasteiger partial charge in [-0.25, -0.2) is 0 Å². The van der Waals surface area contributed by atoms with Crippen molar-refractivity contribution >= 4 is 13.5 Å². The van der Waals surface area contributed by atoms with Crippen LogP contribution in [0.15, 0.2) is 49.0 Å². The van der Waals surface area contributed by atoms with Crippen LogP contribution in [0.3, 0.4) is 0 Å². The molecule has 2 rings (SSSR count). The Kier molecular flexibility index (Phi) is 8.25. The van der Waals surface area contributed by atoms with Crippen LogP contribution in [-0.4, -0.2) is 13.2 Å². The van der Waals surface area contributed by atoms with E-state index in [1.165, 1.54) is 0 Å². The summed E-state index contributed by atoms with van der Waals surface area (Å²) in [4.78, 5) is 0. The highest BCUT2D eigenvalue weighted by atomic mass is 32.1. The van der Waals surface area contributed by atoms with Crippen LogP contribution >= 0.6 is 13.5 Å². The van der Waals surface area contributed by atoms with Crippen LogP contribution in [0.4, 0.5) is 0 Å². The average Bonchev–Trinajstić information content (AvgIpc) is 2.24. The molecule has 0 aliphatic carbocycles. The van der Waals surface area contributed by atoms with E-state index >= 15 is 0 Å². The molecule has 0 saturated heterocycles. The Labute approximate surface area is 85.7 Å². The van der Waals surface area contributed by atoms with Crippen LogP contribution in [0.1, 0.15) is 0 Å². The van der Waals surface area contributed by atoms with Crippen LogP contribution < -0.4 is 0 Å². The van der Waals surface area contributed by atoms with Crippen molar-refractivity contribution < 1.29 is 9.47 Å². The average molecular weight is 198 g/mol. The SMILES string of the molecule is C1=CCOC=C1.C1=CCOC=C1.S. The second-order valence-electron chi connectivity index (χ2n) is 2.18. The van der Waals surface area contributed by atoms with E-state index in [4.69, 9.17) is 9.47 Å². The van der Waals surface area contributed by atoms with Crippen LogP contribution in [0.2, 0.25) is 0 Å². The molecule has 0 N–H and O–H groups in total. The van der Waals surface area contributed by atoms with E-state index in [-0.39, 0.29) is 13.5 Å². The quantitative estimate of drug-likeness (QED) is 0.594. The molecular weight excluding hydrogens is 184 g/mol. The maximum Gasteiger partial charge on any atom is 0.106 e. The lowest BCUT2D eigenvalue weighted by atomic mass is 10.5. The van der Waals surface area contributed by atoms with Crippen molar-refractivity contribution in [1.29, 1.82) is 0 Å². The fourth-order valence-corrected chi connectivity index (χ4v) is 0.692. The Bertz CT molecular complexity index is 169. The zero-order chi connectivity index (χ0) is 8.49. The molecule has 0 aromatic rings. The molecule has 0 amide bonds. The molecule has 0 spiro atoms. The van der Waals surface area contributed by atoms with Crippen LogP contribution in [0.5, 0.6) is 0 Å². The van der Waals surface area contributed by atoms with E-state index in [0.717, 1.165) is 13.2 Å². The topological polar surface area (TPSA) is 18.5 Å². The first kappa shape index (κ1) is 11.9. The van der Waals surface area contributed by atoms with Gasteiger partial charge in [-0.3, -0.25) is 0 Å². The fourth-order valence-electron chi connectivity index (χ4n) is 0.692. The molecule has 2 aliphatic heterocycles. The monoisotopic (exact) mass is 198 g/mol. The van der Waals surface area contributed by atoms with Gasteiger partial charge in [-0.1, -0.05) is 12.2 Å². The van der Waals surface area contributed by atoms with Crippen LogP contribution in [0.25, 0.3) is 0 Å². The largest absolute Gasteiger partial charge is 0.497 e. The molecule has 0 aromatic carbocycles. The Morgan fingerprint density at radius 1 is 0.692 bits per heavy atom. The van der Waals surface area contributed by atoms with E-state index < -0.39 is 0 Å². The van der Waals surface area contributed by atoms with Crippen molar-refractivity contribution in [2.24, 2.45) is 0 Å². The normalized spacial score (nSPS) is 16.0. The van der Waals surface area contributed by atoms with Crippen molar-refractivity contribution in [2.75, 3.05) is 13.2 Å². The maximum atomic E-state index is 4.80. The summed E-state index contributed by atoms with van der Waals surface area (Å²) >= 11 is 0. The molecule has 0 unspecified atom stereocenters. The molecule has 2 nitrogen and oxygen atoms in total. The Morgan fingerprint density at radius 2 is 1.15 bits per heavy atom. The first-order valence-corrected chi connectivity index (χ1v) is 3.87. The number of ether oxygens (including phenoxy) is 2. The van der Waals surface area contributed by atoms with Gasteiger partial charge in [0.25, 0.3) is 0 Å². The van der Waals surface area contributed by atoms with Crippen LogP contribution in [0, 0.1) is 0 Å². The molecule has 3 heteroatoms. The zero-order valence-electron chi connectivity index (χ0n) is 7.35. The second kappa shape index (κ2) is 9.00. The Morgan fingerprint density at radius 3 is 1.23 bits per heavy atom. The molecule has 0 saturated carbocycles.